The summed E-state index contributed by atoms with van der Waals surface area (Å²) in [6.45, 7) is 1.48. The number of hydrogen-bond acceptors (Lipinski definition) is 3. The molecule has 16 heavy (non-hydrogen) atoms. The lowest BCUT2D eigenvalue weighted by molar-refractivity contribution is -0.121. The van der Waals surface area contributed by atoms with E-state index < -0.39 is 0 Å². The van der Waals surface area contributed by atoms with E-state index in [1.165, 1.54) is 0 Å². The van der Waals surface area contributed by atoms with Crippen molar-refractivity contribution in [3.63, 3.8) is 0 Å². The molecule has 0 spiro atoms. The first-order chi connectivity index (χ1) is 7.58. The van der Waals surface area contributed by atoms with Crippen LogP contribution in [0.4, 0.5) is 5.82 Å². The molecule has 1 aliphatic rings. The maximum absolute atomic E-state index is 11.1. The van der Waals surface area contributed by atoms with Gasteiger partial charge in [0.15, 0.2) is 0 Å². The number of anilines is 1. The molecule has 0 saturated carbocycles. The first-order valence-corrected chi connectivity index (χ1v) is 6.52. The van der Waals surface area contributed by atoms with Gasteiger partial charge in [0.2, 0.25) is 5.91 Å². The normalized spacial score (nSPS) is 20.1. The molecule has 4 nitrogen and oxygen atoms in total. The van der Waals surface area contributed by atoms with E-state index in [0.29, 0.717) is 6.54 Å². The Bertz CT molecular complexity index is 425. The van der Waals surface area contributed by atoms with Crippen molar-refractivity contribution < 1.29 is 4.79 Å². The van der Waals surface area contributed by atoms with Crippen molar-refractivity contribution in [3.05, 3.63) is 21.2 Å². The zero-order valence-corrected chi connectivity index (χ0v) is 11.7. The predicted octanol–water partition coefficient (Wildman–Crippen LogP) is 1.92. The Hall–Kier alpha value is -0.620. The SMILES string of the molecule is NC(=O)C1CCN(c2ncc(Br)cc2Br)C1. The molecule has 1 saturated heterocycles. The second kappa shape index (κ2) is 4.71. The highest BCUT2D eigenvalue weighted by Crippen LogP contribution is 2.30. The van der Waals surface area contributed by atoms with Gasteiger partial charge in [0.05, 0.1) is 10.4 Å². The largest absolute Gasteiger partial charge is 0.369 e. The summed E-state index contributed by atoms with van der Waals surface area (Å²) in [6.07, 6.45) is 2.55. The number of aromatic nitrogens is 1. The minimum absolute atomic E-state index is 0.0580. The Morgan fingerprint density at radius 3 is 2.88 bits per heavy atom. The molecule has 0 bridgehead atoms. The van der Waals surface area contributed by atoms with Crippen LogP contribution in [-0.2, 0) is 4.79 Å². The zero-order chi connectivity index (χ0) is 11.7. The molecule has 6 heteroatoms. The quantitative estimate of drug-likeness (QED) is 0.888. The van der Waals surface area contributed by atoms with Gasteiger partial charge in [-0.1, -0.05) is 0 Å². The molecular formula is C10H11Br2N3O. The number of carbonyl (C=O) groups excluding carboxylic acids is 1. The minimum atomic E-state index is -0.226. The monoisotopic (exact) mass is 347 g/mol. The summed E-state index contributed by atoms with van der Waals surface area (Å²) in [5, 5.41) is 0. The number of carbonyl (C=O) groups is 1. The van der Waals surface area contributed by atoms with Gasteiger partial charge in [-0.25, -0.2) is 4.98 Å². The van der Waals surface area contributed by atoms with Gasteiger partial charge >= 0.3 is 0 Å². The van der Waals surface area contributed by atoms with Gasteiger partial charge in [-0.15, -0.1) is 0 Å². The van der Waals surface area contributed by atoms with Crippen LogP contribution in [0.2, 0.25) is 0 Å². The van der Waals surface area contributed by atoms with Crippen LogP contribution in [0.25, 0.3) is 0 Å². The standard InChI is InChI=1S/C10H11Br2N3O/c11-7-3-8(12)10(14-4-7)15-2-1-6(5-15)9(13)16/h3-4,6H,1-2,5H2,(H2,13,16). The van der Waals surface area contributed by atoms with Gasteiger partial charge in [-0.2, -0.15) is 0 Å². The van der Waals surface area contributed by atoms with Gasteiger partial charge in [0, 0.05) is 23.8 Å². The lowest BCUT2D eigenvalue weighted by Gasteiger charge is -2.18. The number of nitrogens with two attached hydrogens (primary N) is 1. The summed E-state index contributed by atoms with van der Waals surface area (Å²) in [4.78, 5) is 17.5. The smallest absolute Gasteiger partial charge is 0.222 e. The Morgan fingerprint density at radius 2 is 2.31 bits per heavy atom. The zero-order valence-electron chi connectivity index (χ0n) is 8.49. The molecule has 2 heterocycles. The topological polar surface area (TPSA) is 59.2 Å². The Kier molecular flexibility index (Phi) is 3.49. The molecule has 1 atom stereocenters. The fourth-order valence-electron chi connectivity index (χ4n) is 1.82. The number of primary amides is 1. The molecule has 0 aliphatic carbocycles. The summed E-state index contributed by atoms with van der Waals surface area (Å²) >= 11 is 6.82. The van der Waals surface area contributed by atoms with Gasteiger partial charge in [-0.05, 0) is 44.3 Å². The summed E-state index contributed by atoms with van der Waals surface area (Å²) in [5.41, 5.74) is 5.29. The second-order valence-electron chi connectivity index (χ2n) is 3.79. The Balaban J connectivity index is 2.17. The first kappa shape index (κ1) is 11.9. The molecule has 1 aliphatic heterocycles. The number of pyridine rings is 1. The van der Waals surface area contributed by atoms with Crippen LogP contribution in [0.1, 0.15) is 6.42 Å². The fraction of sp³-hybridized carbons (Fsp3) is 0.400. The van der Waals surface area contributed by atoms with Crippen LogP contribution >= 0.6 is 31.9 Å². The number of rotatable bonds is 2. The van der Waals surface area contributed by atoms with Crippen LogP contribution in [0.5, 0.6) is 0 Å². The van der Waals surface area contributed by atoms with E-state index in [2.05, 4.69) is 41.7 Å². The molecule has 1 amide bonds. The highest BCUT2D eigenvalue weighted by Gasteiger charge is 2.28. The van der Waals surface area contributed by atoms with E-state index in [9.17, 15) is 4.79 Å². The van der Waals surface area contributed by atoms with E-state index in [0.717, 1.165) is 27.7 Å². The molecule has 2 N–H and O–H groups in total. The van der Waals surface area contributed by atoms with Crippen LogP contribution in [0.15, 0.2) is 21.2 Å². The molecule has 2 rings (SSSR count). The minimum Gasteiger partial charge on any atom is -0.369 e. The maximum atomic E-state index is 11.1. The third-order valence-corrected chi connectivity index (χ3v) is 3.70. The molecule has 0 radical (unpaired) electrons. The second-order valence-corrected chi connectivity index (χ2v) is 5.56. The van der Waals surface area contributed by atoms with E-state index in [4.69, 9.17) is 5.73 Å². The summed E-state index contributed by atoms with van der Waals surface area (Å²) in [5.74, 6) is 0.583. The van der Waals surface area contributed by atoms with Crippen molar-refractivity contribution in [1.29, 1.82) is 0 Å². The molecule has 1 aromatic heterocycles. The van der Waals surface area contributed by atoms with Crippen molar-refractivity contribution in [3.8, 4) is 0 Å². The van der Waals surface area contributed by atoms with Crippen LogP contribution in [0.3, 0.4) is 0 Å². The van der Waals surface area contributed by atoms with E-state index in [1.54, 1.807) is 6.20 Å². The van der Waals surface area contributed by atoms with Crippen molar-refractivity contribution in [1.82, 2.24) is 4.98 Å². The molecule has 1 unspecified atom stereocenters. The predicted molar refractivity (Wildman–Crippen MR) is 69.2 cm³/mol. The molecule has 0 aromatic carbocycles. The average molecular weight is 349 g/mol. The third kappa shape index (κ3) is 2.38. The van der Waals surface area contributed by atoms with Crippen molar-refractivity contribution in [2.45, 2.75) is 6.42 Å². The fourth-order valence-corrected chi connectivity index (χ4v) is 3.06. The number of halogens is 2. The Labute approximate surface area is 110 Å². The third-order valence-electron chi connectivity index (χ3n) is 2.68. The summed E-state index contributed by atoms with van der Waals surface area (Å²) in [6, 6.07) is 1.94. The van der Waals surface area contributed by atoms with Crippen molar-refractivity contribution in [2.24, 2.45) is 11.7 Å². The molecule has 86 valence electrons. The molecule has 1 aromatic rings. The maximum Gasteiger partial charge on any atom is 0.222 e. The Morgan fingerprint density at radius 1 is 1.56 bits per heavy atom. The summed E-state index contributed by atoms with van der Waals surface area (Å²) < 4.78 is 1.85. The number of amides is 1. The van der Waals surface area contributed by atoms with Crippen LogP contribution in [-0.4, -0.2) is 24.0 Å². The highest BCUT2D eigenvalue weighted by atomic mass is 79.9. The van der Waals surface area contributed by atoms with Gasteiger partial charge < -0.3 is 10.6 Å². The highest BCUT2D eigenvalue weighted by molar-refractivity contribution is 9.11. The van der Waals surface area contributed by atoms with E-state index in [1.807, 2.05) is 6.07 Å². The lowest BCUT2D eigenvalue weighted by atomic mass is 10.1. The van der Waals surface area contributed by atoms with Crippen LogP contribution in [0, 0.1) is 5.92 Å². The van der Waals surface area contributed by atoms with Gasteiger partial charge in [-0.3, -0.25) is 4.79 Å². The van der Waals surface area contributed by atoms with E-state index >= 15 is 0 Å². The van der Waals surface area contributed by atoms with Crippen LogP contribution < -0.4 is 10.6 Å². The summed E-state index contributed by atoms with van der Waals surface area (Å²) in [7, 11) is 0. The average Bonchev–Trinajstić information content (AvgIpc) is 2.66. The number of hydrogen-bond donors (Lipinski definition) is 1. The lowest BCUT2D eigenvalue weighted by Crippen LogP contribution is -2.27. The van der Waals surface area contributed by atoms with Gasteiger partial charge in [0.25, 0.3) is 0 Å². The van der Waals surface area contributed by atoms with Crippen molar-refractivity contribution in [2.75, 3.05) is 18.0 Å². The molecule has 1 fully saturated rings. The van der Waals surface area contributed by atoms with E-state index in [-0.39, 0.29) is 11.8 Å². The van der Waals surface area contributed by atoms with Gasteiger partial charge in [0.1, 0.15) is 5.82 Å². The first-order valence-electron chi connectivity index (χ1n) is 4.93. The number of nitrogens with zero attached hydrogens (tertiary/aromatic N) is 2. The molecular weight excluding hydrogens is 338 g/mol. The van der Waals surface area contributed by atoms with Crippen molar-refractivity contribution >= 4 is 43.6 Å².